The molecule has 0 aromatic heterocycles. The first-order valence-electron chi connectivity index (χ1n) is 5.92. The summed E-state index contributed by atoms with van der Waals surface area (Å²) in [6, 6.07) is 5.66. The molecule has 5 heteroatoms. The van der Waals surface area contributed by atoms with Gasteiger partial charge in [-0.1, -0.05) is 6.07 Å². The van der Waals surface area contributed by atoms with Crippen molar-refractivity contribution in [3.05, 3.63) is 23.8 Å². The van der Waals surface area contributed by atoms with Crippen LogP contribution in [0.2, 0.25) is 0 Å². The number of carboxylic acids is 1. The number of hydrogen-bond donors (Lipinski definition) is 2. The van der Waals surface area contributed by atoms with Gasteiger partial charge in [0.1, 0.15) is 5.75 Å². The molecule has 2 rings (SSSR count). The average molecular weight is 249 g/mol. The molecular formula is C13H15NO4. The highest BCUT2D eigenvalue weighted by atomic mass is 16.5. The number of carboxylic acid groups (broad SMARTS) is 1. The van der Waals surface area contributed by atoms with Crippen LogP contribution in [0.3, 0.4) is 0 Å². The molecule has 0 fully saturated rings. The third kappa shape index (κ3) is 3.23. The number of fused-ring (bicyclic) bond motifs is 1. The molecule has 0 spiro atoms. The van der Waals surface area contributed by atoms with E-state index >= 15 is 0 Å². The summed E-state index contributed by atoms with van der Waals surface area (Å²) in [4.78, 5) is 21.5. The number of aliphatic carboxylic acids is 1. The van der Waals surface area contributed by atoms with Crippen molar-refractivity contribution in [2.24, 2.45) is 0 Å². The van der Waals surface area contributed by atoms with E-state index in [0.717, 1.165) is 18.4 Å². The van der Waals surface area contributed by atoms with Gasteiger partial charge in [-0.05, 0) is 37.0 Å². The molecule has 0 saturated carbocycles. The first kappa shape index (κ1) is 12.4. The van der Waals surface area contributed by atoms with Crippen LogP contribution in [0.5, 0.6) is 5.75 Å². The third-order valence-electron chi connectivity index (χ3n) is 2.78. The van der Waals surface area contributed by atoms with E-state index in [1.165, 1.54) is 0 Å². The second kappa shape index (κ2) is 5.53. The fourth-order valence-corrected chi connectivity index (χ4v) is 1.89. The molecule has 0 aliphatic carbocycles. The molecule has 0 atom stereocenters. The topological polar surface area (TPSA) is 75.6 Å². The van der Waals surface area contributed by atoms with Gasteiger partial charge in [-0.2, -0.15) is 0 Å². The van der Waals surface area contributed by atoms with Gasteiger partial charge in [-0.15, -0.1) is 0 Å². The highest BCUT2D eigenvalue weighted by molar-refractivity contribution is 5.95. The summed E-state index contributed by atoms with van der Waals surface area (Å²) in [5.74, 6) is -0.226. The quantitative estimate of drug-likeness (QED) is 0.780. The number of benzene rings is 1. The molecule has 1 aliphatic rings. The SMILES string of the molecule is O=C(O)CCCCc1ccc2c(c1)NC(=O)CO2. The van der Waals surface area contributed by atoms with Crippen LogP contribution in [0.1, 0.15) is 24.8 Å². The van der Waals surface area contributed by atoms with E-state index < -0.39 is 5.97 Å². The van der Waals surface area contributed by atoms with Crippen molar-refractivity contribution in [1.82, 2.24) is 0 Å². The zero-order valence-electron chi connectivity index (χ0n) is 9.94. The molecule has 2 N–H and O–H groups in total. The van der Waals surface area contributed by atoms with Gasteiger partial charge in [0, 0.05) is 6.42 Å². The lowest BCUT2D eigenvalue weighted by Crippen LogP contribution is -2.25. The highest BCUT2D eigenvalue weighted by Gasteiger charge is 2.15. The van der Waals surface area contributed by atoms with Crippen molar-refractivity contribution in [2.75, 3.05) is 11.9 Å². The van der Waals surface area contributed by atoms with Crippen LogP contribution >= 0.6 is 0 Å². The molecule has 5 nitrogen and oxygen atoms in total. The van der Waals surface area contributed by atoms with Gasteiger partial charge >= 0.3 is 5.97 Å². The lowest BCUT2D eigenvalue weighted by Gasteiger charge is -2.18. The van der Waals surface area contributed by atoms with Gasteiger partial charge < -0.3 is 15.2 Å². The number of anilines is 1. The summed E-state index contributed by atoms with van der Waals surface area (Å²) < 4.78 is 5.26. The van der Waals surface area contributed by atoms with E-state index in [1.807, 2.05) is 18.2 Å². The summed E-state index contributed by atoms with van der Waals surface area (Å²) in [6.45, 7) is 0.0605. The standard InChI is InChI=1S/C13H15NO4/c15-12-8-18-11-6-5-9(7-10(11)14-12)3-1-2-4-13(16)17/h5-7H,1-4,8H2,(H,14,15)(H,16,17). The van der Waals surface area contributed by atoms with Crippen molar-refractivity contribution in [2.45, 2.75) is 25.7 Å². The molecule has 1 heterocycles. The van der Waals surface area contributed by atoms with E-state index in [2.05, 4.69) is 5.32 Å². The minimum absolute atomic E-state index is 0.0605. The first-order chi connectivity index (χ1) is 8.65. The van der Waals surface area contributed by atoms with Crippen LogP contribution in [0.15, 0.2) is 18.2 Å². The van der Waals surface area contributed by atoms with Crippen LogP contribution in [0.25, 0.3) is 0 Å². The summed E-state index contributed by atoms with van der Waals surface area (Å²) >= 11 is 0. The maximum atomic E-state index is 11.2. The zero-order valence-corrected chi connectivity index (χ0v) is 9.94. The van der Waals surface area contributed by atoms with Crippen molar-refractivity contribution >= 4 is 17.6 Å². The highest BCUT2D eigenvalue weighted by Crippen LogP contribution is 2.28. The van der Waals surface area contributed by atoms with Crippen molar-refractivity contribution in [3.8, 4) is 5.75 Å². The lowest BCUT2D eigenvalue weighted by molar-refractivity contribution is -0.137. The largest absolute Gasteiger partial charge is 0.482 e. The van der Waals surface area contributed by atoms with Gasteiger partial charge in [0.05, 0.1) is 5.69 Å². The fourth-order valence-electron chi connectivity index (χ4n) is 1.89. The second-order valence-electron chi connectivity index (χ2n) is 4.27. The first-order valence-corrected chi connectivity index (χ1v) is 5.92. The Bertz CT molecular complexity index is 470. The minimum atomic E-state index is -0.763. The van der Waals surface area contributed by atoms with E-state index in [-0.39, 0.29) is 18.9 Å². The van der Waals surface area contributed by atoms with Crippen LogP contribution in [-0.4, -0.2) is 23.6 Å². The number of rotatable bonds is 5. The van der Waals surface area contributed by atoms with Crippen LogP contribution in [0, 0.1) is 0 Å². The van der Waals surface area contributed by atoms with Gasteiger partial charge in [0.2, 0.25) is 0 Å². The molecule has 0 unspecified atom stereocenters. The number of hydrogen-bond acceptors (Lipinski definition) is 3. The molecule has 1 aromatic carbocycles. The van der Waals surface area contributed by atoms with Gasteiger partial charge in [-0.3, -0.25) is 9.59 Å². The smallest absolute Gasteiger partial charge is 0.303 e. The number of carbonyl (C=O) groups is 2. The Kier molecular flexibility index (Phi) is 3.82. The van der Waals surface area contributed by atoms with E-state index in [4.69, 9.17) is 9.84 Å². The molecule has 0 bridgehead atoms. The third-order valence-corrected chi connectivity index (χ3v) is 2.78. The number of unbranched alkanes of at least 4 members (excludes halogenated alkanes) is 1. The predicted molar refractivity (Wildman–Crippen MR) is 65.8 cm³/mol. The van der Waals surface area contributed by atoms with Crippen molar-refractivity contribution in [1.29, 1.82) is 0 Å². The summed E-state index contributed by atoms with van der Waals surface area (Å²) in [5.41, 5.74) is 1.77. The van der Waals surface area contributed by atoms with E-state index in [1.54, 1.807) is 0 Å². The Balaban J connectivity index is 1.92. The number of amides is 1. The van der Waals surface area contributed by atoms with Crippen molar-refractivity contribution in [3.63, 3.8) is 0 Å². The summed E-state index contributed by atoms with van der Waals surface area (Å²) in [6.07, 6.45) is 2.48. The maximum Gasteiger partial charge on any atom is 0.303 e. The Morgan fingerprint density at radius 2 is 2.22 bits per heavy atom. The Morgan fingerprint density at radius 3 is 3.00 bits per heavy atom. The molecule has 1 aliphatic heterocycles. The number of aryl methyl sites for hydroxylation is 1. The summed E-state index contributed by atoms with van der Waals surface area (Å²) in [7, 11) is 0. The molecule has 1 aromatic rings. The fraction of sp³-hybridized carbons (Fsp3) is 0.385. The van der Waals surface area contributed by atoms with Gasteiger partial charge in [0.15, 0.2) is 6.61 Å². The van der Waals surface area contributed by atoms with Crippen LogP contribution in [-0.2, 0) is 16.0 Å². The van der Waals surface area contributed by atoms with E-state index in [9.17, 15) is 9.59 Å². The second-order valence-corrected chi connectivity index (χ2v) is 4.27. The van der Waals surface area contributed by atoms with Crippen LogP contribution in [0.4, 0.5) is 5.69 Å². The van der Waals surface area contributed by atoms with Crippen molar-refractivity contribution < 1.29 is 19.4 Å². The Hall–Kier alpha value is -2.04. The molecule has 0 saturated heterocycles. The molecule has 1 amide bonds. The molecule has 0 radical (unpaired) electrons. The van der Waals surface area contributed by atoms with Gasteiger partial charge in [-0.25, -0.2) is 0 Å². The lowest BCUT2D eigenvalue weighted by atomic mass is 10.1. The number of nitrogens with one attached hydrogen (secondary N) is 1. The monoisotopic (exact) mass is 249 g/mol. The zero-order chi connectivity index (χ0) is 13.0. The molecular weight excluding hydrogens is 234 g/mol. The number of ether oxygens (including phenoxy) is 1. The normalized spacial score (nSPS) is 13.4. The number of carbonyl (C=O) groups excluding carboxylic acids is 1. The summed E-state index contributed by atoms with van der Waals surface area (Å²) in [5, 5.41) is 11.3. The molecule has 96 valence electrons. The minimum Gasteiger partial charge on any atom is -0.482 e. The van der Waals surface area contributed by atoms with E-state index in [0.29, 0.717) is 17.9 Å². The molecule has 18 heavy (non-hydrogen) atoms. The van der Waals surface area contributed by atoms with Crippen LogP contribution < -0.4 is 10.1 Å². The average Bonchev–Trinajstić information content (AvgIpc) is 2.34. The van der Waals surface area contributed by atoms with Gasteiger partial charge in [0.25, 0.3) is 5.91 Å². The maximum absolute atomic E-state index is 11.2. The predicted octanol–water partition coefficient (Wildman–Crippen LogP) is 1.81. The Labute approximate surface area is 105 Å². The Morgan fingerprint density at radius 1 is 1.39 bits per heavy atom.